The third kappa shape index (κ3) is 4.92. The number of hydrogen-bond donors (Lipinski definition) is 0. The van der Waals surface area contributed by atoms with E-state index in [1.807, 2.05) is 19.1 Å². The number of sulfonamides is 1. The highest BCUT2D eigenvalue weighted by atomic mass is 32.2. The molecular weight excluding hydrogens is 354 g/mol. The fourth-order valence-electron chi connectivity index (χ4n) is 2.22. The third-order valence-electron chi connectivity index (χ3n) is 3.98. The minimum absolute atomic E-state index is 0.338. The van der Waals surface area contributed by atoms with E-state index < -0.39 is 16.0 Å². The van der Waals surface area contributed by atoms with Crippen molar-refractivity contribution >= 4 is 27.5 Å². The van der Waals surface area contributed by atoms with E-state index in [1.165, 1.54) is 31.3 Å². The van der Waals surface area contributed by atoms with Crippen LogP contribution < -0.4 is 4.31 Å². The molecule has 2 aromatic rings. The van der Waals surface area contributed by atoms with Crippen LogP contribution in [0.5, 0.6) is 0 Å². The highest BCUT2D eigenvalue weighted by molar-refractivity contribution is 7.92. The summed E-state index contributed by atoms with van der Waals surface area (Å²) in [4.78, 5) is 24.1. The molecule has 0 unspecified atom stereocenters. The average molecular weight is 375 g/mol. The summed E-state index contributed by atoms with van der Waals surface area (Å²) in [5.41, 5.74) is 2.28. The Balaban J connectivity index is 1.98. The van der Waals surface area contributed by atoms with E-state index >= 15 is 0 Å². The Morgan fingerprint density at radius 1 is 0.962 bits per heavy atom. The van der Waals surface area contributed by atoms with Gasteiger partial charge in [0.05, 0.1) is 17.5 Å². The van der Waals surface area contributed by atoms with Gasteiger partial charge in [-0.25, -0.2) is 13.2 Å². The molecule has 2 aromatic carbocycles. The van der Waals surface area contributed by atoms with Crippen molar-refractivity contribution in [2.75, 3.05) is 24.2 Å². The van der Waals surface area contributed by atoms with E-state index in [9.17, 15) is 18.0 Å². The summed E-state index contributed by atoms with van der Waals surface area (Å²) in [6, 6.07) is 13.1. The smallest absolute Gasteiger partial charge is 0.338 e. The van der Waals surface area contributed by atoms with Crippen LogP contribution in [0.1, 0.15) is 33.2 Å². The molecule has 2 rings (SSSR count). The normalized spacial score (nSPS) is 11.0. The van der Waals surface area contributed by atoms with E-state index in [2.05, 4.69) is 0 Å². The van der Waals surface area contributed by atoms with Gasteiger partial charge in [-0.2, -0.15) is 0 Å². The van der Waals surface area contributed by atoms with E-state index in [0.29, 0.717) is 16.8 Å². The topological polar surface area (TPSA) is 80.8 Å². The van der Waals surface area contributed by atoms with Crippen molar-refractivity contribution in [2.24, 2.45) is 0 Å². The largest absolute Gasteiger partial charge is 0.454 e. The predicted molar refractivity (Wildman–Crippen MR) is 100 cm³/mol. The first-order valence-corrected chi connectivity index (χ1v) is 9.90. The number of rotatable bonds is 7. The molecule has 0 aliphatic heterocycles. The molecule has 0 saturated heterocycles. The van der Waals surface area contributed by atoms with Crippen molar-refractivity contribution in [3.05, 3.63) is 65.2 Å². The Morgan fingerprint density at radius 3 is 2.00 bits per heavy atom. The van der Waals surface area contributed by atoms with E-state index in [1.54, 1.807) is 12.1 Å². The molecule has 0 fully saturated rings. The van der Waals surface area contributed by atoms with Gasteiger partial charge in [-0.15, -0.1) is 0 Å². The zero-order chi connectivity index (χ0) is 19.3. The number of anilines is 1. The second-order valence-electron chi connectivity index (χ2n) is 5.83. The molecule has 0 radical (unpaired) electrons. The number of esters is 1. The molecule has 0 spiro atoms. The van der Waals surface area contributed by atoms with Crippen LogP contribution in [0, 0.1) is 0 Å². The molecule has 0 heterocycles. The maximum atomic E-state index is 12.1. The van der Waals surface area contributed by atoms with Gasteiger partial charge in [0.15, 0.2) is 12.4 Å². The van der Waals surface area contributed by atoms with Crippen molar-refractivity contribution in [3.8, 4) is 0 Å². The number of ketones is 1. The van der Waals surface area contributed by atoms with Crippen LogP contribution in [0.3, 0.4) is 0 Å². The Hall–Kier alpha value is -2.67. The van der Waals surface area contributed by atoms with E-state index in [-0.39, 0.29) is 12.4 Å². The zero-order valence-corrected chi connectivity index (χ0v) is 15.7. The van der Waals surface area contributed by atoms with Crippen LogP contribution in [0.15, 0.2) is 48.5 Å². The maximum absolute atomic E-state index is 12.1. The molecule has 0 aliphatic carbocycles. The molecule has 0 atom stereocenters. The summed E-state index contributed by atoms with van der Waals surface area (Å²) in [6.45, 7) is 1.64. The number of nitrogens with zero attached hydrogens (tertiary/aromatic N) is 1. The number of Topliss-reactive ketones (excluding diaryl/α,β-unsaturated/α-hetero) is 1. The maximum Gasteiger partial charge on any atom is 0.338 e. The quantitative estimate of drug-likeness (QED) is 0.549. The first-order valence-electron chi connectivity index (χ1n) is 8.05. The zero-order valence-electron chi connectivity index (χ0n) is 14.9. The molecule has 6 nitrogen and oxygen atoms in total. The second-order valence-corrected chi connectivity index (χ2v) is 7.84. The van der Waals surface area contributed by atoms with Gasteiger partial charge in [-0.05, 0) is 48.4 Å². The van der Waals surface area contributed by atoms with Gasteiger partial charge in [0.25, 0.3) is 0 Å². The SMILES string of the molecule is CCc1ccc(C(=O)OCC(=O)c2ccc(N(C)S(C)(=O)=O)cc2)cc1. The fraction of sp³-hybridized carbons (Fsp3) is 0.263. The van der Waals surface area contributed by atoms with Gasteiger partial charge in [-0.3, -0.25) is 9.10 Å². The molecule has 0 aromatic heterocycles. The average Bonchev–Trinajstić information content (AvgIpc) is 2.64. The van der Waals surface area contributed by atoms with Gasteiger partial charge in [-0.1, -0.05) is 19.1 Å². The monoisotopic (exact) mass is 375 g/mol. The molecule has 0 bridgehead atoms. The summed E-state index contributed by atoms with van der Waals surface area (Å²) >= 11 is 0. The minimum atomic E-state index is -3.37. The molecule has 138 valence electrons. The van der Waals surface area contributed by atoms with Crippen molar-refractivity contribution in [1.29, 1.82) is 0 Å². The van der Waals surface area contributed by atoms with Crippen LogP contribution >= 0.6 is 0 Å². The van der Waals surface area contributed by atoms with Crippen molar-refractivity contribution < 1.29 is 22.7 Å². The molecule has 0 aliphatic rings. The van der Waals surface area contributed by atoms with E-state index in [0.717, 1.165) is 22.5 Å². The number of hydrogen-bond acceptors (Lipinski definition) is 5. The summed E-state index contributed by atoms with van der Waals surface area (Å²) in [5.74, 6) is -0.925. The standard InChI is InChI=1S/C19H21NO5S/c1-4-14-5-7-16(8-6-14)19(22)25-13-18(21)15-9-11-17(12-10-15)20(2)26(3,23)24/h5-12H,4,13H2,1-3H3. The first-order chi connectivity index (χ1) is 12.2. The summed E-state index contributed by atoms with van der Waals surface area (Å²) < 4.78 is 29.2. The second kappa shape index (κ2) is 8.14. The first kappa shape index (κ1) is 19.7. The number of carbonyl (C=O) groups excluding carboxylic acids is 2. The van der Waals surface area contributed by atoms with Gasteiger partial charge >= 0.3 is 5.97 Å². The number of benzene rings is 2. The highest BCUT2D eigenvalue weighted by Gasteiger charge is 2.14. The minimum Gasteiger partial charge on any atom is -0.454 e. The number of carbonyl (C=O) groups is 2. The van der Waals surface area contributed by atoms with Crippen LogP contribution in [0.2, 0.25) is 0 Å². The van der Waals surface area contributed by atoms with Crippen molar-refractivity contribution in [3.63, 3.8) is 0 Å². The van der Waals surface area contributed by atoms with Crippen molar-refractivity contribution in [2.45, 2.75) is 13.3 Å². The van der Waals surface area contributed by atoms with E-state index in [4.69, 9.17) is 4.74 Å². The lowest BCUT2D eigenvalue weighted by Crippen LogP contribution is -2.24. The number of aryl methyl sites for hydroxylation is 1. The predicted octanol–water partition coefficient (Wildman–Crippen LogP) is 2.68. The molecule has 0 amide bonds. The summed E-state index contributed by atoms with van der Waals surface area (Å²) in [5, 5.41) is 0. The molecule has 0 N–H and O–H groups in total. The van der Waals surface area contributed by atoms with Crippen molar-refractivity contribution in [1.82, 2.24) is 0 Å². The Morgan fingerprint density at radius 2 is 1.50 bits per heavy atom. The van der Waals surface area contributed by atoms with Gasteiger partial charge < -0.3 is 4.74 Å². The van der Waals surface area contributed by atoms with Crippen LogP contribution in [0.4, 0.5) is 5.69 Å². The Bertz CT molecular complexity index is 887. The van der Waals surface area contributed by atoms with Crippen LogP contribution in [0.25, 0.3) is 0 Å². The summed E-state index contributed by atoms with van der Waals surface area (Å²) in [7, 11) is -1.94. The number of ether oxygens (including phenoxy) is 1. The Kier molecular flexibility index (Phi) is 6.15. The van der Waals surface area contributed by atoms with Gasteiger partial charge in [0.2, 0.25) is 10.0 Å². The third-order valence-corrected chi connectivity index (χ3v) is 5.19. The van der Waals surface area contributed by atoms with Crippen LogP contribution in [-0.4, -0.2) is 40.1 Å². The Labute approximate surface area is 153 Å². The molecule has 26 heavy (non-hydrogen) atoms. The van der Waals surface area contributed by atoms with Gasteiger partial charge in [0.1, 0.15) is 0 Å². The van der Waals surface area contributed by atoms with Crippen LogP contribution in [-0.2, 0) is 21.2 Å². The lowest BCUT2D eigenvalue weighted by Gasteiger charge is -2.16. The molecule has 0 saturated carbocycles. The lowest BCUT2D eigenvalue weighted by molar-refractivity contribution is 0.0474. The molecular formula is C19H21NO5S. The molecule has 7 heteroatoms. The highest BCUT2D eigenvalue weighted by Crippen LogP contribution is 2.17. The lowest BCUT2D eigenvalue weighted by atomic mass is 10.1. The van der Waals surface area contributed by atoms with Gasteiger partial charge in [0, 0.05) is 12.6 Å². The summed E-state index contributed by atoms with van der Waals surface area (Å²) in [6.07, 6.45) is 1.97. The fourth-order valence-corrected chi connectivity index (χ4v) is 2.73.